The summed E-state index contributed by atoms with van der Waals surface area (Å²) in [5.74, 6) is -1.37. The smallest absolute Gasteiger partial charge is 0.306 e. The molecule has 3 atom stereocenters. The maximum atomic E-state index is 11.5. The highest BCUT2D eigenvalue weighted by atomic mass is 16.6. The zero-order chi connectivity index (χ0) is 15.8. The van der Waals surface area contributed by atoms with Gasteiger partial charge in [-0.1, -0.05) is 20.8 Å². The van der Waals surface area contributed by atoms with Crippen molar-refractivity contribution in [3.8, 4) is 0 Å². The van der Waals surface area contributed by atoms with Crippen LogP contribution >= 0.6 is 0 Å². The number of carbonyl (C=O) groups is 3. The molecule has 1 heterocycles. The van der Waals surface area contributed by atoms with Crippen LogP contribution in [0, 0.1) is 6.61 Å². The molecular weight excluding hydrogens is 280 g/mol. The third kappa shape index (κ3) is 5.34. The third-order valence-corrected chi connectivity index (χ3v) is 2.86. The fraction of sp³-hybridized carbons (Fsp3) is 0.714. The number of esters is 3. The minimum absolute atomic E-state index is 0.0492. The number of hydrogen-bond acceptors (Lipinski definition) is 7. The van der Waals surface area contributed by atoms with Gasteiger partial charge < -0.3 is 18.9 Å². The number of carbonyl (C=O) groups excluding carboxylic acids is 3. The van der Waals surface area contributed by atoms with Crippen LogP contribution in [0.15, 0.2) is 0 Å². The summed E-state index contributed by atoms with van der Waals surface area (Å²) in [5, 5.41) is 0. The summed E-state index contributed by atoms with van der Waals surface area (Å²) in [6.45, 7) is 6.28. The van der Waals surface area contributed by atoms with Crippen LogP contribution < -0.4 is 0 Å². The first-order chi connectivity index (χ1) is 10.0. The summed E-state index contributed by atoms with van der Waals surface area (Å²) in [6.07, 6.45) is -2.05. The van der Waals surface area contributed by atoms with Gasteiger partial charge in [-0.3, -0.25) is 14.4 Å². The first-order valence-electron chi connectivity index (χ1n) is 7.05. The van der Waals surface area contributed by atoms with Crippen molar-refractivity contribution in [1.29, 1.82) is 0 Å². The van der Waals surface area contributed by atoms with Gasteiger partial charge in [-0.25, -0.2) is 0 Å². The molecule has 0 aromatic carbocycles. The average Bonchev–Trinajstić information content (AvgIpc) is 2.49. The van der Waals surface area contributed by atoms with E-state index in [1.807, 2.05) is 0 Å². The Labute approximate surface area is 123 Å². The van der Waals surface area contributed by atoms with Crippen LogP contribution in [0.25, 0.3) is 0 Å². The quantitative estimate of drug-likeness (QED) is 0.537. The first-order valence-corrected chi connectivity index (χ1v) is 7.05. The predicted octanol–water partition coefficient (Wildman–Crippen LogP) is 1.14. The van der Waals surface area contributed by atoms with Crippen LogP contribution in [0.3, 0.4) is 0 Å². The number of ether oxygens (including phenoxy) is 4. The summed E-state index contributed by atoms with van der Waals surface area (Å²) in [5.41, 5.74) is 0. The first kappa shape index (κ1) is 17.4. The largest absolute Gasteiger partial charge is 0.456 e. The molecule has 1 fully saturated rings. The van der Waals surface area contributed by atoms with Crippen molar-refractivity contribution in [1.82, 2.24) is 0 Å². The molecule has 119 valence electrons. The second-order valence-corrected chi connectivity index (χ2v) is 4.47. The van der Waals surface area contributed by atoms with Crippen LogP contribution in [0.2, 0.25) is 0 Å². The Morgan fingerprint density at radius 1 is 0.952 bits per heavy atom. The van der Waals surface area contributed by atoms with Crippen molar-refractivity contribution in [2.75, 3.05) is 6.61 Å². The van der Waals surface area contributed by atoms with E-state index in [-0.39, 0.29) is 25.9 Å². The van der Waals surface area contributed by atoms with Crippen LogP contribution in [0.4, 0.5) is 0 Å². The average molecular weight is 301 g/mol. The zero-order valence-corrected chi connectivity index (χ0v) is 12.5. The van der Waals surface area contributed by atoms with E-state index in [0.29, 0.717) is 0 Å². The Hall–Kier alpha value is -1.63. The van der Waals surface area contributed by atoms with Gasteiger partial charge in [0.25, 0.3) is 0 Å². The summed E-state index contributed by atoms with van der Waals surface area (Å²) in [6, 6.07) is 0. The van der Waals surface area contributed by atoms with Gasteiger partial charge in [0.05, 0.1) is 6.61 Å². The van der Waals surface area contributed by atoms with Crippen LogP contribution in [-0.2, 0) is 33.3 Å². The molecule has 1 saturated heterocycles. The highest BCUT2D eigenvalue weighted by Gasteiger charge is 2.42. The molecule has 0 N–H and O–H groups in total. The van der Waals surface area contributed by atoms with Gasteiger partial charge in [-0.2, -0.15) is 0 Å². The molecule has 21 heavy (non-hydrogen) atoms. The second-order valence-electron chi connectivity index (χ2n) is 4.47. The number of rotatable bonds is 6. The molecule has 0 aliphatic carbocycles. The third-order valence-electron chi connectivity index (χ3n) is 2.86. The Kier molecular flexibility index (Phi) is 7.14. The van der Waals surface area contributed by atoms with Crippen molar-refractivity contribution >= 4 is 17.9 Å². The van der Waals surface area contributed by atoms with E-state index in [1.165, 1.54) is 6.61 Å². The summed E-state index contributed by atoms with van der Waals surface area (Å²) in [4.78, 5) is 34.4. The molecule has 0 aromatic heterocycles. The molecule has 0 bridgehead atoms. The fourth-order valence-corrected chi connectivity index (χ4v) is 1.69. The lowest BCUT2D eigenvalue weighted by Gasteiger charge is -2.35. The van der Waals surface area contributed by atoms with E-state index in [1.54, 1.807) is 20.8 Å². The Balaban J connectivity index is 2.81. The van der Waals surface area contributed by atoms with E-state index in [4.69, 9.17) is 18.9 Å². The molecule has 0 unspecified atom stereocenters. The highest BCUT2D eigenvalue weighted by Crippen LogP contribution is 2.22. The maximum absolute atomic E-state index is 11.5. The van der Waals surface area contributed by atoms with Gasteiger partial charge in [0.1, 0.15) is 6.61 Å². The van der Waals surface area contributed by atoms with Crippen molar-refractivity contribution in [2.24, 2.45) is 0 Å². The summed E-state index contributed by atoms with van der Waals surface area (Å²) in [7, 11) is 0. The zero-order valence-electron chi connectivity index (χ0n) is 12.5. The van der Waals surface area contributed by atoms with E-state index >= 15 is 0 Å². The van der Waals surface area contributed by atoms with Gasteiger partial charge >= 0.3 is 17.9 Å². The lowest BCUT2D eigenvalue weighted by molar-refractivity contribution is -0.201. The van der Waals surface area contributed by atoms with E-state index in [9.17, 15) is 14.4 Å². The molecule has 1 radical (unpaired) electrons. The molecule has 0 saturated carbocycles. The van der Waals surface area contributed by atoms with Crippen molar-refractivity contribution in [2.45, 2.75) is 58.3 Å². The Morgan fingerprint density at radius 2 is 1.48 bits per heavy atom. The lowest BCUT2D eigenvalue weighted by atomic mass is 10.1. The molecule has 1 rings (SSSR count). The topological polar surface area (TPSA) is 88.1 Å². The molecule has 0 spiro atoms. The molecule has 7 heteroatoms. The molecule has 7 nitrogen and oxygen atoms in total. The normalized spacial score (nSPS) is 25.0. The van der Waals surface area contributed by atoms with Gasteiger partial charge in [-0.15, -0.1) is 0 Å². The Morgan fingerprint density at radius 3 is 2.05 bits per heavy atom. The van der Waals surface area contributed by atoms with Crippen LogP contribution in [0.5, 0.6) is 0 Å². The fourth-order valence-electron chi connectivity index (χ4n) is 1.69. The van der Waals surface area contributed by atoms with Gasteiger partial charge in [0.15, 0.2) is 18.3 Å². The summed E-state index contributed by atoms with van der Waals surface area (Å²) < 4.78 is 20.8. The molecule has 1 aliphatic heterocycles. The van der Waals surface area contributed by atoms with E-state index in [2.05, 4.69) is 0 Å². The minimum Gasteiger partial charge on any atom is -0.456 e. The molecular formula is C14H21O7. The predicted molar refractivity (Wildman–Crippen MR) is 70.8 cm³/mol. The number of hydrogen-bond donors (Lipinski definition) is 0. The van der Waals surface area contributed by atoms with Gasteiger partial charge in [-0.05, 0) is 0 Å². The summed E-state index contributed by atoms with van der Waals surface area (Å²) >= 11 is 0. The van der Waals surface area contributed by atoms with Gasteiger partial charge in [0.2, 0.25) is 0 Å². The van der Waals surface area contributed by atoms with E-state index < -0.39 is 36.2 Å². The van der Waals surface area contributed by atoms with Gasteiger partial charge in [0, 0.05) is 19.3 Å². The van der Waals surface area contributed by atoms with Crippen LogP contribution in [-0.4, -0.2) is 42.8 Å². The van der Waals surface area contributed by atoms with Crippen molar-refractivity contribution in [3.05, 3.63) is 6.61 Å². The Bertz CT molecular complexity index is 354. The monoisotopic (exact) mass is 301 g/mol. The van der Waals surface area contributed by atoms with E-state index in [0.717, 1.165) is 0 Å². The standard InChI is InChI=1S/C14H21O7/c1-4-11(15)19-9-7-18-8-10(20-12(16)5-2)14(9)21-13(17)6-3/h7,9-10,14H,4-6,8H2,1-3H3/t9-,10+,14+/m0/s1. The van der Waals surface area contributed by atoms with Crippen LogP contribution in [0.1, 0.15) is 40.0 Å². The minimum atomic E-state index is -0.892. The van der Waals surface area contributed by atoms with Crippen molar-refractivity contribution in [3.63, 3.8) is 0 Å². The maximum Gasteiger partial charge on any atom is 0.306 e. The SMILES string of the molecule is CCC(=O)O[C@@H]1[C@@H](OC(=O)CC)[CH]OC[C@H]1OC(=O)CC. The molecule has 1 aliphatic rings. The van der Waals surface area contributed by atoms with Crippen molar-refractivity contribution < 1.29 is 33.3 Å². The molecule has 0 aromatic rings. The lowest BCUT2D eigenvalue weighted by Crippen LogP contribution is -2.51. The second kappa shape index (κ2) is 8.61. The highest BCUT2D eigenvalue weighted by molar-refractivity contribution is 5.71. The molecule has 0 amide bonds.